The molecule has 2 aromatic carbocycles. The quantitative estimate of drug-likeness (QED) is 0.714. The highest BCUT2D eigenvalue weighted by atomic mass is 32.1. The molecular weight excluding hydrogens is 292 g/mol. The Morgan fingerprint density at radius 1 is 1.00 bits per heavy atom. The maximum Gasteiger partial charge on any atom is 0.141 e. The van der Waals surface area contributed by atoms with Crippen molar-refractivity contribution in [1.29, 1.82) is 0 Å². The van der Waals surface area contributed by atoms with E-state index in [9.17, 15) is 0 Å². The van der Waals surface area contributed by atoms with Crippen LogP contribution in [0.5, 0.6) is 5.75 Å². The lowest BCUT2D eigenvalue weighted by Gasteiger charge is -2.05. The highest BCUT2D eigenvalue weighted by Crippen LogP contribution is 2.33. The minimum Gasteiger partial charge on any atom is -0.495 e. The van der Waals surface area contributed by atoms with Gasteiger partial charge >= 0.3 is 0 Å². The first-order chi connectivity index (χ1) is 10.6. The van der Waals surface area contributed by atoms with Gasteiger partial charge in [-0.15, -0.1) is 11.3 Å². The van der Waals surface area contributed by atoms with Crippen LogP contribution in [0.2, 0.25) is 0 Å². The maximum atomic E-state index is 5.98. The van der Waals surface area contributed by atoms with Gasteiger partial charge < -0.3 is 10.5 Å². The van der Waals surface area contributed by atoms with E-state index < -0.39 is 0 Å². The third-order valence-corrected chi connectivity index (χ3v) is 4.67. The van der Waals surface area contributed by atoms with Crippen LogP contribution in [0, 0.1) is 13.8 Å². The van der Waals surface area contributed by atoms with Gasteiger partial charge in [-0.05, 0) is 49.2 Å². The molecular formula is C18H18N2OS. The van der Waals surface area contributed by atoms with E-state index in [0.717, 1.165) is 21.8 Å². The molecule has 0 saturated heterocycles. The van der Waals surface area contributed by atoms with Crippen molar-refractivity contribution >= 4 is 17.0 Å². The van der Waals surface area contributed by atoms with E-state index >= 15 is 0 Å². The zero-order valence-electron chi connectivity index (χ0n) is 12.9. The van der Waals surface area contributed by atoms with Gasteiger partial charge in [0.05, 0.1) is 18.5 Å². The van der Waals surface area contributed by atoms with Crippen LogP contribution in [0.15, 0.2) is 41.8 Å². The van der Waals surface area contributed by atoms with Gasteiger partial charge in [0.2, 0.25) is 0 Å². The third-order valence-electron chi connectivity index (χ3n) is 3.78. The molecule has 0 aliphatic heterocycles. The average Bonchev–Trinajstić information content (AvgIpc) is 3.00. The van der Waals surface area contributed by atoms with E-state index in [2.05, 4.69) is 37.4 Å². The topological polar surface area (TPSA) is 48.1 Å². The summed E-state index contributed by atoms with van der Waals surface area (Å²) in [6, 6.07) is 12.2. The largest absolute Gasteiger partial charge is 0.495 e. The number of thiazole rings is 1. The van der Waals surface area contributed by atoms with Crippen LogP contribution in [0.25, 0.3) is 21.8 Å². The standard InChI is InChI=1S/C18H18N2OS/c1-11-4-5-13(8-12(11)2)16-10-22-18(20-16)14-6-7-17(21-3)15(19)9-14/h4-10H,19H2,1-3H3. The molecule has 1 heterocycles. The van der Waals surface area contributed by atoms with Gasteiger partial charge in [-0.25, -0.2) is 4.98 Å². The summed E-state index contributed by atoms with van der Waals surface area (Å²) in [7, 11) is 1.62. The number of nitrogen functional groups attached to an aromatic ring is 1. The smallest absolute Gasteiger partial charge is 0.141 e. The normalized spacial score (nSPS) is 10.7. The summed E-state index contributed by atoms with van der Waals surface area (Å²) in [5.74, 6) is 0.690. The maximum absolute atomic E-state index is 5.98. The number of methoxy groups -OCH3 is 1. The van der Waals surface area contributed by atoms with E-state index in [4.69, 9.17) is 15.5 Å². The van der Waals surface area contributed by atoms with Gasteiger partial charge in [0.15, 0.2) is 0 Å². The van der Waals surface area contributed by atoms with Crippen LogP contribution < -0.4 is 10.5 Å². The molecule has 0 fully saturated rings. The fourth-order valence-electron chi connectivity index (χ4n) is 2.31. The summed E-state index contributed by atoms with van der Waals surface area (Å²) in [4.78, 5) is 4.74. The van der Waals surface area contributed by atoms with Crippen molar-refractivity contribution in [2.75, 3.05) is 12.8 Å². The van der Waals surface area contributed by atoms with Crippen LogP contribution in [-0.4, -0.2) is 12.1 Å². The highest BCUT2D eigenvalue weighted by Gasteiger charge is 2.09. The molecule has 0 amide bonds. The third kappa shape index (κ3) is 2.70. The van der Waals surface area contributed by atoms with Crippen molar-refractivity contribution in [1.82, 2.24) is 4.98 Å². The van der Waals surface area contributed by atoms with E-state index in [1.165, 1.54) is 11.1 Å². The Kier molecular flexibility index (Phi) is 3.86. The molecule has 0 unspecified atom stereocenters. The second-order valence-corrected chi connectivity index (χ2v) is 6.15. The molecule has 22 heavy (non-hydrogen) atoms. The Morgan fingerprint density at radius 2 is 1.77 bits per heavy atom. The second-order valence-electron chi connectivity index (χ2n) is 5.29. The van der Waals surface area contributed by atoms with Crippen LogP contribution in [0.4, 0.5) is 5.69 Å². The number of hydrogen-bond acceptors (Lipinski definition) is 4. The molecule has 3 aromatic rings. The molecule has 0 spiro atoms. The highest BCUT2D eigenvalue weighted by molar-refractivity contribution is 7.13. The van der Waals surface area contributed by atoms with Crippen molar-refractivity contribution in [3.8, 4) is 27.6 Å². The molecule has 0 atom stereocenters. The minimum absolute atomic E-state index is 0.628. The summed E-state index contributed by atoms with van der Waals surface area (Å²) in [5, 5.41) is 3.04. The molecule has 4 heteroatoms. The molecule has 3 rings (SSSR count). The molecule has 3 nitrogen and oxygen atoms in total. The summed E-state index contributed by atoms with van der Waals surface area (Å²) >= 11 is 1.62. The van der Waals surface area contributed by atoms with Crippen LogP contribution in [0.3, 0.4) is 0 Å². The fourth-order valence-corrected chi connectivity index (χ4v) is 3.13. The fraction of sp³-hybridized carbons (Fsp3) is 0.167. The summed E-state index contributed by atoms with van der Waals surface area (Å²) < 4.78 is 5.19. The Balaban J connectivity index is 1.96. The van der Waals surface area contributed by atoms with Gasteiger partial charge in [-0.2, -0.15) is 0 Å². The molecule has 0 aliphatic rings. The van der Waals surface area contributed by atoms with E-state index in [-0.39, 0.29) is 0 Å². The van der Waals surface area contributed by atoms with Crippen molar-refractivity contribution in [2.24, 2.45) is 0 Å². The number of ether oxygens (including phenoxy) is 1. The lowest BCUT2D eigenvalue weighted by molar-refractivity contribution is 0.417. The molecule has 2 N–H and O–H groups in total. The molecule has 0 bridgehead atoms. The molecule has 0 aliphatic carbocycles. The molecule has 0 radical (unpaired) electrons. The number of rotatable bonds is 3. The average molecular weight is 310 g/mol. The van der Waals surface area contributed by atoms with Gasteiger partial charge in [-0.3, -0.25) is 0 Å². The van der Waals surface area contributed by atoms with Crippen molar-refractivity contribution in [3.05, 3.63) is 52.9 Å². The molecule has 0 saturated carbocycles. The van der Waals surface area contributed by atoms with Gasteiger partial charge in [-0.1, -0.05) is 12.1 Å². The van der Waals surface area contributed by atoms with Crippen LogP contribution >= 0.6 is 11.3 Å². The first-order valence-corrected chi connectivity index (χ1v) is 7.93. The van der Waals surface area contributed by atoms with Crippen molar-refractivity contribution in [2.45, 2.75) is 13.8 Å². The number of benzene rings is 2. The number of hydrogen-bond donors (Lipinski definition) is 1. The SMILES string of the molecule is COc1ccc(-c2nc(-c3ccc(C)c(C)c3)cs2)cc1N. The van der Waals surface area contributed by atoms with Gasteiger partial charge in [0.25, 0.3) is 0 Å². The Morgan fingerprint density at radius 3 is 2.45 bits per heavy atom. The molecule has 1 aromatic heterocycles. The van der Waals surface area contributed by atoms with Crippen molar-refractivity contribution in [3.63, 3.8) is 0 Å². The zero-order chi connectivity index (χ0) is 15.7. The summed E-state index contributed by atoms with van der Waals surface area (Å²) in [5.41, 5.74) is 12.3. The zero-order valence-corrected chi connectivity index (χ0v) is 13.7. The number of aryl methyl sites for hydroxylation is 2. The van der Waals surface area contributed by atoms with E-state index in [0.29, 0.717) is 11.4 Å². The first kappa shape index (κ1) is 14.6. The van der Waals surface area contributed by atoms with Crippen molar-refractivity contribution < 1.29 is 4.74 Å². The van der Waals surface area contributed by atoms with Gasteiger partial charge in [0, 0.05) is 16.5 Å². The van der Waals surface area contributed by atoms with E-state index in [1.54, 1.807) is 18.4 Å². The summed E-state index contributed by atoms with van der Waals surface area (Å²) in [6.45, 7) is 4.24. The summed E-state index contributed by atoms with van der Waals surface area (Å²) in [6.07, 6.45) is 0. The second kappa shape index (κ2) is 5.81. The van der Waals surface area contributed by atoms with Crippen LogP contribution in [-0.2, 0) is 0 Å². The first-order valence-electron chi connectivity index (χ1n) is 7.05. The van der Waals surface area contributed by atoms with E-state index in [1.807, 2.05) is 18.2 Å². The Labute approximate surface area is 134 Å². The number of aromatic nitrogens is 1. The number of nitrogens with two attached hydrogens (primary N) is 1. The minimum atomic E-state index is 0.628. The van der Waals surface area contributed by atoms with Gasteiger partial charge in [0.1, 0.15) is 10.8 Å². The Bertz CT molecular complexity index is 824. The monoisotopic (exact) mass is 310 g/mol. The number of nitrogens with zero attached hydrogens (tertiary/aromatic N) is 1. The lowest BCUT2D eigenvalue weighted by atomic mass is 10.1. The van der Waals surface area contributed by atoms with Crippen LogP contribution in [0.1, 0.15) is 11.1 Å². The predicted molar refractivity (Wildman–Crippen MR) is 93.4 cm³/mol. The number of anilines is 1. The Hall–Kier alpha value is -2.33. The molecule has 112 valence electrons. The predicted octanol–water partition coefficient (Wildman–Crippen LogP) is 4.68. The lowest BCUT2D eigenvalue weighted by Crippen LogP contribution is -1.92.